The topological polar surface area (TPSA) is 65.5 Å². The molecule has 0 aromatic heterocycles. The van der Waals surface area contributed by atoms with Gasteiger partial charge in [-0.05, 0) is 31.2 Å². The molecular weight excluding hydrogens is 439 g/mol. The number of nitrogens with zero attached hydrogens (tertiary/aromatic N) is 1. The minimum Gasteiger partial charge on any atom is -0.357 e. The molecule has 0 radical (unpaired) electrons. The highest BCUT2D eigenvalue weighted by Crippen LogP contribution is 2.28. The maximum absolute atomic E-state index is 11.6. The first kappa shape index (κ1) is 22.7. The predicted molar refractivity (Wildman–Crippen MR) is 119 cm³/mol. The normalized spacial score (nSPS) is 15.2. The predicted octanol–water partition coefficient (Wildman–Crippen LogP) is 3.13. The fourth-order valence-corrected chi connectivity index (χ4v) is 2.79. The number of aliphatic imine (C=N–C) groups is 1. The first-order chi connectivity index (χ1) is 12.1. The fourth-order valence-electron chi connectivity index (χ4n) is 2.79. The average molecular weight is 472 g/mol. The summed E-state index contributed by atoms with van der Waals surface area (Å²) in [7, 11) is 0. The van der Waals surface area contributed by atoms with Gasteiger partial charge in [0.1, 0.15) is 0 Å². The SMILES string of the molecule is CCNC(=NCC(c1ccccc1)C(C)C)NCCNC(=O)C1CC1.I. The van der Waals surface area contributed by atoms with Crippen LogP contribution in [0.2, 0.25) is 0 Å². The second kappa shape index (κ2) is 12.1. The van der Waals surface area contributed by atoms with E-state index >= 15 is 0 Å². The molecule has 1 amide bonds. The number of carbonyl (C=O) groups excluding carboxylic acids is 1. The zero-order valence-corrected chi connectivity index (χ0v) is 18.5. The van der Waals surface area contributed by atoms with E-state index in [4.69, 9.17) is 4.99 Å². The molecule has 1 aromatic carbocycles. The van der Waals surface area contributed by atoms with E-state index in [0.717, 1.165) is 31.9 Å². The lowest BCUT2D eigenvalue weighted by molar-refractivity contribution is -0.122. The van der Waals surface area contributed by atoms with E-state index in [1.165, 1.54) is 5.56 Å². The van der Waals surface area contributed by atoms with Crippen LogP contribution in [0.5, 0.6) is 0 Å². The molecule has 0 saturated heterocycles. The van der Waals surface area contributed by atoms with Crippen molar-refractivity contribution in [2.45, 2.75) is 39.5 Å². The molecule has 146 valence electrons. The molecule has 1 aliphatic rings. The summed E-state index contributed by atoms with van der Waals surface area (Å²) in [6.45, 7) is 9.41. The van der Waals surface area contributed by atoms with E-state index in [0.29, 0.717) is 24.9 Å². The number of rotatable bonds is 9. The Hall–Kier alpha value is -1.31. The van der Waals surface area contributed by atoms with E-state index in [1.54, 1.807) is 0 Å². The van der Waals surface area contributed by atoms with E-state index < -0.39 is 0 Å². The van der Waals surface area contributed by atoms with Crippen molar-refractivity contribution in [3.8, 4) is 0 Å². The second-order valence-corrected chi connectivity index (χ2v) is 6.97. The first-order valence-electron chi connectivity index (χ1n) is 9.46. The third kappa shape index (κ3) is 7.93. The molecular formula is C20H33IN4O. The second-order valence-electron chi connectivity index (χ2n) is 6.97. The van der Waals surface area contributed by atoms with Crippen molar-refractivity contribution in [2.24, 2.45) is 16.8 Å². The van der Waals surface area contributed by atoms with Gasteiger partial charge in [-0.25, -0.2) is 0 Å². The highest BCUT2D eigenvalue weighted by molar-refractivity contribution is 14.0. The van der Waals surface area contributed by atoms with E-state index in [-0.39, 0.29) is 35.8 Å². The Kier molecular flexibility index (Phi) is 10.6. The van der Waals surface area contributed by atoms with Crippen molar-refractivity contribution in [3.05, 3.63) is 35.9 Å². The molecule has 1 atom stereocenters. The highest BCUT2D eigenvalue weighted by atomic mass is 127. The Bertz CT molecular complexity index is 558. The quantitative estimate of drug-likeness (QED) is 0.224. The lowest BCUT2D eigenvalue weighted by Gasteiger charge is -2.20. The minimum atomic E-state index is 0. The maximum Gasteiger partial charge on any atom is 0.223 e. The molecule has 26 heavy (non-hydrogen) atoms. The van der Waals surface area contributed by atoms with Crippen LogP contribution in [0.3, 0.4) is 0 Å². The van der Waals surface area contributed by atoms with Crippen LogP contribution in [0.15, 0.2) is 35.3 Å². The number of hydrogen-bond acceptors (Lipinski definition) is 2. The summed E-state index contributed by atoms with van der Waals surface area (Å²) in [6, 6.07) is 10.6. The first-order valence-corrected chi connectivity index (χ1v) is 9.46. The Morgan fingerprint density at radius 3 is 2.35 bits per heavy atom. The van der Waals surface area contributed by atoms with Gasteiger partial charge in [-0.15, -0.1) is 24.0 Å². The van der Waals surface area contributed by atoms with Crippen LogP contribution in [0.25, 0.3) is 0 Å². The van der Waals surface area contributed by atoms with Crippen LogP contribution in [0, 0.1) is 11.8 Å². The molecule has 1 unspecified atom stereocenters. The number of carbonyl (C=O) groups is 1. The van der Waals surface area contributed by atoms with Crippen molar-refractivity contribution in [2.75, 3.05) is 26.2 Å². The summed E-state index contributed by atoms with van der Waals surface area (Å²) in [6.07, 6.45) is 2.08. The Balaban J connectivity index is 0.00000338. The van der Waals surface area contributed by atoms with Gasteiger partial charge in [0.25, 0.3) is 0 Å². The van der Waals surface area contributed by atoms with Crippen LogP contribution >= 0.6 is 24.0 Å². The highest BCUT2D eigenvalue weighted by Gasteiger charge is 2.28. The van der Waals surface area contributed by atoms with Crippen molar-refractivity contribution >= 4 is 35.8 Å². The van der Waals surface area contributed by atoms with Crippen molar-refractivity contribution in [1.82, 2.24) is 16.0 Å². The Labute approximate surface area is 174 Å². The smallest absolute Gasteiger partial charge is 0.223 e. The summed E-state index contributed by atoms with van der Waals surface area (Å²) in [5.74, 6) is 2.18. The third-order valence-electron chi connectivity index (χ3n) is 4.49. The fraction of sp³-hybridized carbons (Fsp3) is 0.600. The summed E-state index contributed by atoms with van der Waals surface area (Å²) in [4.78, 5) is 16.4. The molecule has 6 heteroatoms. The molecule has 0 spiro atoms. The standard InChI is InChI=1S/C20H32N4O.HI/c1-4-21-20(23-13-12-22-19(25)17-10-11-17)24-14-18(15(2)3)16-8-6-5-7-9-16;/h5-9,15,17-18H,4,10-14H2,1-3H3,(H,22,25)(H2,21,23,24);1H. The molecule has 1 aromatic rings. The van der Waals surface area contributed by atoms with Gasteiger partial charge in [0.15, 0.2) is 5.96 Å². The van der Waals surface area contributed by atoms with Crippen LogP contribution in [0.1, 0.15) is 45.1 Å². The molecule has 0 bridgehead atoms. The number of nitrogens with one attached hydrogen (secondary N) is 3. The van der Waals surface area contributed by atoms with Crippen molar-refractivity contribution < 1.29 is 4.79 Å². The lowest BCUT2D eigenvalue weighted by Crippen LogP contribution is -2.42. The summed E-state index contributed by atoms with van der Waals surface area (Å²) in [5.41, 5.74) is 1.33. The average Bonchev–Trinajstić information content (AvgIpc) is 3.44. The zero-order chi connectivity index (χ0) is 18.1. The molecule has 1 fully saturated rings. The van der Waals surface area contributed by atoms with Crippen LogP contribution in [0.4, 0.5) is 0 Å². The van der Waals surface area contributed by atoms with Crippen LogP contribution in [-0.4, -0.2) is 38.0 Å². The van der Waals surface area contributed by atoms with E-state index in [9.17, 15) is 4.79 Å². The third-order valence-corrected chi connectivity index (χ3v) is 4.49. The largest absolute Gasteiger partial charge is 0.357 e. The summed E-state index contributed by atoms with van der Waals surface area (Å²) in [5, 5.41) is 9.55. The molecule has 3 N–H and O–H groups in total. The number of halogens is 1. The Morgan fingerprint density at radius 2 is 1.77 bits per heavy atom. The molecule has 0 heterocycles. The number of benzene rings is 1. The van der Waals surface area contributed by atoms with E-state index in [1.807, 2.05) is 6.07 Å². The van der Waals surface area contributed by atoms with Gasteiger partial charge in [0.2, 0.25) is 5.91 Å². The number of guanidine groups is 1. The summed E-state index contributed by atoms with van der Waals surface area (Å²) < 4.78 is 0. The molecule has 0 aliphatic heterocycles. The number of hydrogen-bond donors (Lipinski definition) is 3. The Morgan fingerprint density at radius 1 is 1.12 bits per heavy atom. The van der Waals surface area contributed by atoms with Gasteiger partial charge in [-0.2, -0.15) is 0 Å². The van der Waals surface area contributed by atoms with Crippen LogP contribution in [-0.2, 0) is 4.79 Å². The van der Waals surface area contributed by atoms with Gasteiger partial charge in [-0.3, -0.25) is 9.79 Å². The molecule has 2 rings (SSSR count). The lowest BCUT2D eigenvalue weighted by atomic mass is 9.88. The molecule has 1 saturated carbocycles. The van der Waals surface area contributed by atoms with Gasteiger partial charge in [-0.1, -0.05) is 44.2 Å². The van der Waals surface area contributed by atoms with Crippen LogP contribution < -0.4 is 16.0 Å². The minimum absolute atomic E-state index is 0. The monoisotopic (exact) mass is 472 g/mol. The zero-order valence-electron chi connectivity index (χ0n) is 16.1. The van der Waals surface area contributed by atoms with E-state index in [2.05, 4.69) is 61.0 Å². The van der Waals surface area contributed by atoms with Gasteiger partial charge >= 0.3 is 0 Å². The molecule has 1 aliphatic carbocycles. The van der Waals surface area contributed by atoms with Gasteiger partial charge in [0, 0.05) is 38.0 Å². The van der Waals surface area contributed by atoms with Crippen molar-refractivity contribution in [3.63, 3.8) is 0 Å². The maximum atomic E-state index is 11.6. The molecule has 5 nitrogen and oxygen atoms in total. The van der Waals surface area contributed by atoms with Gasteiger partial charge in [0.05, 0.1) is 0 Å². The summed E-state index contributed by atoms with van der Waals surface area (Å²) >= 11 is 0. The van der Waals surface area contributed by atoms with Gasteiger partial charge < -0.3 is 16.0 Å². The van der Waals surface area contributed by atoms with Crippen molar-refractivity contribution in [1.29, 1.82) is 0 Å². The number of amides is 1.